The number of hydrogen-bond acceptors (Lipinski definition) is 8. The molecule has 0 aliphatic heterocycles. The lowest BCUT2D eigenvalue weighted by Crippen LogP contribution is -2.06. The molecule has 1 aromatic carbocycles. The lowest BCUT2D eigenvalue weighted by molar-refractivity contribution is -0.383. The molecule has 3 heterocycles. The summed E-state index contributed by atoms with van der Waals surface area (Å²) in [6, 6.07) is 14.5. The molecule has 0 atom stereocenters. The maximum absolute atomic E-state index is 11.7. The average Bonchev–Trinajstić information content (AvgIpc) is 2.68. The van der Waals surface area contributed by atoms with E-state index in [-0.39, 0.29) is 17.3 Å². The molecule has 28 heavy (non-hydrogen) atoms. The van der Waals surface area contributed by atoms with Crippen LogP contribution in [-0.4, -0.2) is 24.9 Å². The normalized spacial score (nSPS) is 10.6. The van der Waals surface area contributed by atoms with E-state index in [0.29, 0.717) is 11.5 Å². The van der Waals surface area contributed by atoms with Gasteiger partial charge in [0.1, 0.15) is 12.1 Å². The van der Waals surface area contributed by atoms with E-state index < -0.39 is 4.92 Å². The monoisotopic (exact) mass is 373 g/mol. The van der Waals surface area contributed by atoms with Gasteiger partial charge in [-0.25, -0.2) is 15.0 Å². The second-order valence-electron chi connectivity index (χ2n) is 5.97. The zero-order valence-electron chi connectivity index (χ0n) is 14.8. The van der Waals surface area contributed by atoms with Gasteiger partial charge in [0.05, 0.1) is 10.4 Å². The number of fused-ring (bicyclic) bond motifs is 1. The number of nitrogens with one attached hydrogen (secondary N) is 2. The Morgan fingerprint density at radius 1 is 0.929 bits per heavy atom. The number of benzene rings is 1. The first-order valence-electron chi connectivity index (χ1n) is 8.42. The van der Waals surface area contributed by atoms with Crippen LogP contribution in [0.15, 0.2) is 61.1 Å². The van der Waals surface area contributed by atoms with Crippen LogP contribution in [0.1, 0.15) is 5.69 Å². The van der Waals surface area contributed by atoms with Crippen LogP contribution in [0.5, 0.6) is 0 Å². The van der Waals surface area contributed by atoms with Gasteiger partial charge in [0.15, 0.2) is 0 Å². The molecule has 0 aliphatic rings. The predicted octanol–water partition coefficient (Wildman–Crippen LogP) is 4.12. The van der Waals surface area contributed by atoms with Gasteiger partial charge in [-0.3, -0.25) is 15.1 Å². The third-order valence-electron chi connectivity index (χ3n) is 4.04. The van der Waals surface area contributed by atoms with Crippen molar-refractivity contribution in [3.63, 3.8) is 0 Å². The van der Waals surface area contributed by atoms with Gasteiger partial charge in [-0.05, 0) is 43.3 Å². The Hall–Kier alpha value is -4.14. The Morgan fingerprint density at radius 2 is 1.75 bits per heavy atom. The standard InChI is InChI=1S/C19H15N7O2/c1-12-8-9-13-14(23-12)5-4-6-15(13)24-18-17(26(27)28)19(22-11-21-18)25-16-7-2-3-10-20-16/h2-11H,1H3,(H2,20,21,22,24,25). The highest BCUT2D eigenvalue weighted by atomic mass is 16.6. The molecule has 9 heteroatoms. The number of aromatic nitrogens is 4. The minimum Gasteiger partial charge on any atom is -0.334 e. The van der Waals surface area contributed by atoms with Crippen molar-refractivity contribution in [2.75, 3.05) is 10.6 Å². The van der Waals surface area contributed by atoms with E-state index in [0.717, 1.165) is 16.6 Å². The quantitative estimate of drug-likeness (QED) is 0.396. The molecule has 4 rings (SSSR count). The second-order valence-corrected chi connectivity index (χ2v) is 5.97. The fourth-order valence-electron chi connectivity index (χ4n) is 2.79. The molecule has 138 valence electrons. The highest BCUT2D eigenvalue weighted by molar-refractivity contribution is 5.94. The molecule has 0 bridgehead atoms. The van der Waals surface area contributed by atoms with E-state index in [4.69, 9.17) is 0 Å². The summed E-state index contributed by atoms with van der Waals surface area (Å²) < 4.78 is 0. The third kappa shape index (κ3) is 3.40. The summed E-state index contributed by atoms with van der Waals surface area (Å²) in [6.07, 6.45) is 2.84. The third-order valence-corrected chi connectivity index (χ3v) is 4.04. The Morgan fingerprint density at radius 3 is 2.50 bits per heavy atom. The van der Waals surface area contributed by atoms with Gasteiger partial charge >= 0.3 is 5.69 Å². The van der Waals surface area contributed by atoms with Gasteiger partial charge in [0.2, 0.25) is 11.6 Å². The van der Waals surface area contributed by atoms with Crippen molar-refractivity contribution in [3.8, 4) is 0 Å². The Labute approximate surface area is 159 Å². The Kier molecular flexibility index (Phi) is 4.47. The van der Waals surface area contributed by atoms with E-state index in [1.165, 1.54) is 6.33 Å². The average molecular weight is 373 g/mol. The van der Waals surface area contributed by atoms with E-state index >= 15 is 0 Å². The highest BCUT2D eigenvalue weighted by Crippen LogP contribution is 2.34. The number of pyridine rings is 2. The largest absolute Gasteiger partial charge is 0.353 e. The molecule has 0 radical (unpaired) electrons. The van der Waals surface area contributed by atoms with Crippen molar-refractivity contribution in [2.45, 2.75) is 6.92 Å². The number of rotatable bonds is 5. The fourth-order valence-corrected chi connectivity index (χ4v) is 2.79. The van der Waals surface area contributed by atoms with Gasteiger partial charge in [0.25, 0.3) is 0 Å². The molecule has 4 aromatic rings. The lowest BCUT2D eigenvalue weighted by Gasteiger charge is -2.11. The SMILES string of the molecule is Cc1ccc2c(Nc3ncnc(Nc4ccccn4)c3[N+](=O)[O-])cccc2n1. The Bertz CT molecular complexity index is 1170. The van der Waals surface area contributed by atoms with Gasteiger partial charge in [-0.15, -0.1) is 0 Å². The molecule has 0 saturated carbocycles. The predicted molar refractivity (Wildman–Crippen MR) is 106 cm³/mol. The van der Waals surface area contributed by atoms with Gasteiger partial charge in [-0.2, -0.15) is 0 Å². The van der Waals surface area contributed by atoms with Gasteiger partial charge in [0, 0.05) is 23.0 Å². The van der Waals surface area contributed by atoms with E-state index in [2.05, 4.69) is 30.6 Å². The summed E-state index contributed by atoms with van der Waals surface area (Å²) in [5, 5.41) is 18.5. The summed E-state index contributed by atoms with van der Waals surface area (Å²) in [7, 11) is 0. The van der Waals surface area contributed by atoms with Crippen LogP contribution in [-0.2, 0) is 0 Å². The van der Waals surface area contributed by atoms with Crippen LogP contribution in [0.2, 0.25) is 0 Å². The molecule has 0 amide bonds. The van der Waals surface area contributed by atoms with Crippen LogP contribution in [0, 0.1) is 17.0 Å². The minimum atomic E-state index is -0.527. The fraction of sp³-hybridized carbons (Fsp3) is 0.0526. The molecular formula is C19H15N7O2. The van der Waals surface area contributed by atoms with Crippen LogP contribution >= 0.6 is 0 Å². The maximum atomic E-state index is 11.7. The summed E-state index contributed by atoms with van der Waals surface area (Å²) in [5.74, 6) is 0.571. The summed E-state index contributed by atoms with van der Waals surface area (Å²) in [5.41, 5.74) is 2.06. The molecule has 9 nitrogen and oxygen atoms in total. The second kappa shape index (κ2) is 7.23. The number of anilines is 4. The first-order chi connectivity index (χ1) is 13.6. The van der Waals surface area contributed by atoms with Gasteiger partial charge in [-0.1, -0.05) is 12.1 Å². The number of nitrogens with zero attached hydrogens (tertiary/aromatic N) is 5. The van der Waals surface area contributed by atoms with Crippen LogP contribution in [0.4, 0.5) is 28.8 Å². The van der Waals surface area contributed by atoms with E-state index in [9.17, 15) is 10.1 Å². The van der Waals surface area contributed by atoms with Crippen LogP contribution < -0.4 is 10.6 Å². The zero-order chi connectivity index (χ0) is 19.5. The maximum Gasteiger partial charge on any atom is 0.353 e. The summed E-state index contributed by atoms with van der Waals surface area (Å²) in [4.78, 5) is 27.9. The molecule has 0 saturated heterocycles. The highest BCUT2D eigenvalue weighted by Gasteiger charge is 2.24. The van der Waals surface area contributed by atoms with E-state index in [1.54, 1.807) is 24.4 Å². The first-order valence-corrected chi connectivity index (χ1v) is 8.42. The smallest absolute Gasteiger partial charge is 0.334 e. The molecule has 0 fully saturated rings. The van der Waals surface area contributed by atoms with Crippen molar-refractivity contribution in [1.82, 2.24) is 19.9 Å². The molecule has 0 unspecified atom stereocenters. The van der Waals surface area contributed by atoms with E-state index in [1.807, 2.05) is 37.3 Å². The number of nitro groups is 1. The topological polar surface area (TPSA) is 119 Å². The zero-order valence-corrected chi connectivity index (χ0v) is 14.8. The number of aryl methyl sites for hydroxylation is 1. The summed E-state index contributed by atoms with van der Waals surface area (Å²) >= 11 is 0. The van der Waals surface area contributed by atoms with Crippen molar-refractivity contribution >= 4 is 39.7 Å². The van der Waals surface area contributed by atoms with Crippen LogP contribution in [0.3, 0.4) is 0 Å². The molecular weight excluding hydrogens is 358 g/mol. The van der Waals surface area contributed by atoms with Crippen molar-refractivity contribution in [3.05, 3.63) is 76.9 Å². The molecule has 0 spiro atoms. The number of hydrogen-bond donors (Lipinski definition) is 2. The lowest BCUT2D eigenvalue weighted by atomic mass is 10.1. The molecule has 3 aromatic heterocycles. The summed E-state index contributed by atoms with van der Waals surface area (Å²) in [6.45, 7) is 1.91. The van der Waals surface area contributed by atoms with Crippen molar-refractivity contribution in [1.29, 1.82) is 0 Å². The Balaban J connectivity index is 1.76. The van der Waals surface area contributed by atoms with Crippen molar-refractivity contribution in [2.24, 2.45) is 0 Å². The molecule has 0 aliphatic carbocycles. The first kappa shape index (κ1) is 17.3. The van der Waals surface area contributed by atoms with Crippen molar-refractivity contribution < 1.29 is 4.92 Å². The van der Waals surface area contributed by atoms with Crippen LogP contribution in [0.25, 0.3) is 10.9 Å². The molecule has 2 N–H and O–H groups in total. The minimum absolute atomic E-state index is 0.0513. The van der Waals surface area contributed by atoms with Gasteiger partial charge < -0.3 is 10.6 Å².